The summed E-state index contributed by atoms with van der Waals surface area (Å²) in [6.07, 6.45) is 1.95. The molecule has 10 heavy (non-hydrogen) atoms. The van der Waals surface area contributed by atoms with Crippen molar-refractivity contribution >= 4 is 5.91 Å². The van der Waals surface area contributed by atoms with Gasteiger partial charge in [0.25, 0.3) is 0 Å². The van der Waals surface area contributed by atoms with E-state index in [1.165, 1.54) is 0 Å². The first-order valence-corrected chi connectivity index (χ1v) is 3.46. The van der Waals surface area contributed by atoms with Crippen LogP contribution in [0.5, 0.6) is 0 Å². The van der Waals surface area contributed by atoms with Crippen LogP contribution in [0.1, 0.15) is 12.8 Å². The Labute approximate surface area is 60.7 Å². The van der Waals surface area contributed by atoms with Crippen LogP contribution in [-0.2, 0) is 9.53 Å². The largest absolute Gasteiger partial charge is 0.384 e. The summed E-state index contributed by atoms with van der Waals surface area (Å²) in [5, 5.41) is 2.63. The molecule has 0 heterocycles. The van der Waals surface area contributed by atoms with Gasteiger partial charge in [0.15, 0.2) is 0 Å². The minimum atomic E-state index is -0.163. The fraction of sp³-hybridized carbons (Fsp3) is 0.857. The maximum Gasteiger partial charge on any atom is 0.228 e. The van der Waals surface area contributed by atoms with Crippen molar-refractivity contribution in [1.82, 2.24) is 5.32 Å². The SMILES string of the molecule is CNC(=O)C1(COC)CC1. The number of rotatable bonds is 3. The molecule has 0 aromatic heterocycles. The number of methoxy groups -OCH3 is 1. The highest BCUT2D eigenvalue weighted by Crippen LogP contribution is 2.45. The lowest BCUT2D eigenvalue weighted by Gasteiger charge is -2.10. The van der Waals surface area contributed by atoms with E-state index in [0.29, 0.717) is 6.61 Å². The molecule has 1 aliphatic rings. The van der Waals surface area contributed by atoms with Gasteiger partial charge in [-0.15, -0.1) is 0 Å². The highest BCUT2D eigenvalue weighted by molar-refractivity contribution is 5.85. The lowest BCUT2D eigenvalue weighted by Crippen LogP contribution is -2.31. The summed E-state index contributed by atoms with van der Waals surface area (Å²) in [5.74, 6) is 0.120. The molecule has 1 amide bonds. The summed E-state index contributed by atoms with van der Waals surface area (Å²) in [4.78, 5) is 11.1. The number of nitrogens with one attached hydrogen (secondary N) is 1. The molecule has 1 N–H and O–H groups in total. The van der Waals surface area contributed by atoms with E-state index < -0.39 is 0 Å². The van der Waals surface area contributed by atoms with Crippen molar-refractivity contribution in [3.8, 4) is 0 Å². The van der Waals surface area contributed by atoms with Crippen molar-refractivity contribution < 1.29 is 9.53 Å². The first-order valence-electron chi connectivity index (χ1n) is 3.46. The molecular formula is C7H13NO2. The third kappa shape index (κ3) is 1.14. The lowest BCUT2D eigenvalue weighted by atomic mass is 10.1. The maximum atomic E-state index is 11.1. The summed E-state index contributed by atoms with van der Waals surface area (Å²) in [7, 11) is 3.29. The molecule has 0 unspecified atom stereocenters. The van der Waals surface area contributed by atoms with Crippen molar-refractivity contribution in [3.63, 3.8) is 0 Å². The molecule has 58 valence electrons. The van der Waals surface area contributed by atoms with Gasteiger partial charge in [-0.1, -0.05) is 0 Å². The average Bonchev–Trinajstić information content (AvgIpc) is 2.69. The van der Waals surface area contributed by atoms with Gasteiger partial charge >= 0.3 is 0 Å². The first kappa shape index (κ1) is 7.54. The number of hydrogen-bond donors (Lipinski definition) is 1. The van der Waals surface area contributed by atoms with E-state index in [1.54, 1.807) is 14.2 Å². The van der Waals surface area contributed by atoms with Gasteiger partial charge < -0.3 is 10.1 Å². The molecule has 0 aliphatic heterocycles. The standard InChI is InChI=1S/C7H13NO2/c1-8-6(9)7(3-4-7)5-10-2/h3-5H2,1-2H3,(H,8,9). The maximum absolute atomic E-state index is 11.1. The molecule has 3 heteroatoms. The summed E-state index contributed by atoms with van der Waals surface area (Å²) in [6, 6.07) is 0. The Kier molecular flexibility index (Phi) is 1.94. The predicted molar refractivity (Wildman–Crippen MR) is 37.6 cm³/mol. The molecule has 0 aromatic carbocycles. The molecule has 0 atom stereocenters. The van der Waals surface area contributed by atoms with Crippen LogP contribution in [0.4, 0.5) is 0 Å². The second-order valence-electron chi connectivity index (χ2n) is 2.79. The number of amides is 1. The summed E-state index contributed by atoms with van der Waals surface area (Å²) >= 11 is 0. The van der Waals surface area contributed by atoms with Crippen molar-refractivity contribution in [2.75, 3.05) is 20.8 Å². The van der Waals surface area contributed by atoms with Gasteiger partial charge in [0.05, 0.1) is 12.0 Å². The zero-order valence-electron chi connectivity index (χ0n) is 6.44. The van der Waals surface area contributed by atoms with Gasteiger partial charge in [0, 0.05) is 14.2 Å². The second kappa shape index (κ2) is 2.58. The Balaban J connectivity index is 2.43. The van der Waals surface area contributed by atoms with Gasteiger partial charge in [-0.25, -0.2) is 0 Å². The number of carbonyl (C=O) groups excluding carboxylic acids is 1. The highest BCUT2D eigenvalue weighted by atomic mass is 16.5. The predicted octanol–water partition coefficient (Wildman–Crippen LogP) is 0.159. The molecule has 3 nitrogen and oxygen atoms in total. The second-order valence-corrected chi connectivity index (χ2v) is 2.79. The monoisotopic (exact) mass is 143 g/mol. The Morgan fingerprint density at radius 3 is 2.60 bits per heavy atom. The fourth-order valence-corrected chi connectivity index (χ4v) is 1.13. The fourth-order valence-electron chi connectivity index (χ4n) is 1.13. The molecule has 1 saturated carbocycles. The third-order valence-electron chi connectivity index (χ3n) is 1.98. The van der Waals surface area contributed by atoms with Crippen molar-refractivity contribution in [1.29, 1.82) is 0 Å². The van der Waals surface area contributed by atoms with Crippen LogP contribution in [0.15, 0.2) is 0 Å². The van der Waals surface area contributed by atoms with E-state index in [-0.39, 0.29) is 11.3 Å². The molecule has 0 saturated heterocycles. The molecule has 0 aromatic rings. The highest BCUT2D eigenvalue weighted by Gasteiger charge is 2.49. The van der Waals surface area contributed by atoms with Crippen LogP contribution in [0, 0.1) is 5.41 Å². The van der Waals surface area contributed by atoms with Crippen LogP contribution in [0.25, 0.3) is 0 Å². The number of carbonyl (C=O) groups is 1. The normalized spacial score (nSPS) is 20.2. The van der Waals surface area contributed by atoms with Gasteiger partial charge in [-0.05, 0) is 12.8 Å². The third-order valence-corrected chi connectivity index (χ3v) is 1.98. The van der Waals surface area contributed by atoms with Crippen molar-refractivity contribution in [2.45, 2.75) is 12.8 Å². The smallest absolute Gasteiger partial charge is 0.228 e. The van der Waals surface area contributed by atoms with E-state index in [0.717, 1.165) is 12.8 Å². The van der Waals surface area contributed by atoms with Crippen molar-refractivity contribution in [3.05, 3.63) is 0 Å². The first-order chi connectivity index (χ1) is 4.75. The zero-order chi connectivity index (χ0) is 7.61. The Morgan fingerprint density at radius 2 is 2.30 bits per heavy atom. The van der Waals surface area contributed by atoms with Gasteiger partial charge in [-0.2, -0.15) is 0 Å². The topological polar surface area (TPSA) is 38.3 Å². The molecule has 0 radical (unpaired) electrons. The Morgan fingerprint density at radius 1 is 1.70 bits per heavy atom. The lowest BCUT2D eigenvalue weighted by molar-refractivity contribution is -0.127. The van der Waals surface area contributed by atoms with E-state index in [9.17, 15) is 4.79 Å². The summed E-state index contributed by atoms with van der Waals surface area (Å²) < 4.78 is 4.93. The van der Waals surface area contributed by atoms with Gasteiger partial charge in [0.2, 0.25) is 5.91 Å². The zero-order valence-corrected chi connectivity index (χ0v) is 6.44. The van der Waals surface area contributed by atoms with Crippen LogP contribution < -0.4 is 5.32 Å². The minimum Gasteiger partial charge on any atom is -0.384 e. The minimum absolute atomic E-state index is 0.120. The van der Waals surface area contributed by atoms with Crippen LogP contribution in [0.2, 0.25) is 0 Å². The summed E-state index contributed by atoms with van der Waals surface area (Å²) in [6.45, 7) is 0.562. The molecular weight excluding hydrogens is 130 g/mol. The Bertz CT molecular complexity index is 141. The van der Waals surface area contributed by atoms with Gasteiger partial charge in [-0.3, -0.25) is 4.79 Å². The molecule has 1 fully saturated rings. The van der Waals surface area contributed by atoms with E-state index >= 15 is 0 Å². The molecule has 1 aliphatic carbocycles. The molecule has 0 spiro atoms. The molecule has 1 rings (SSSR count). The van der Waals surface area contributed by atoms with E-state index in [1.807, 2.05) is 0 Å². The van der Waals surface area contributed by atoms with Crippen LogP contribution in [-0.4, -0.2) is 26.7 Å². The average molecular weight is 143 g/mol. The quantitative estimate of drug-likeness (QED) is 0.611. The van der Waals surface area contributed by atoms with Gasteiger partial charge in [0.1, 0.15) is 0 Å². The molecule has 0 bridgehead atoms. The van der Waals surface area contributed by atoms with E-state index in [2.05, 4.69) is 5.32 Å². The summed E-state index contributed by atoms with van der Waals surface area (Å²) in [5.41, 5.74) is -0.163. The van der Waals surface area contributed by atoms with Crippen LogP contribution >= 0.6 is 0 Å². The van der Waals surface area contributed by atoms with Crippen molar-refractivity contribution in [2.24, 2.45) is 5.41 Å². The Hall–Kier alpha value is -0.570. The number of ether oxygens (including phenoxy) is 1. The van der Waals surface area contributed by atoms with Crippen LogP contribution in [0.3, 0.4) is 0 Å². The van der Waals surface area contributed by atoms with E-state index in [4.69, 9.17) is 4.74 Å². The number of hydrogen-bond acceptors (Lipinski definition) is 2.